The van der Waals surface area contributed by atoms with Crippen LogP contribution in [0.25, 0.3) is 0 Å². The number of fused-ring (bicyclic) bond motifs is 1. The zero-order valence-electron chi connectivity index (χ0n) is 10.4. The van der Waals surface area contributed by atoms with Crippen LogP contribution < -0.4 is 15.0 Å². The van der Waals surface area contributed by atoms with Crippen LogP contribution in [-0.2, 0) is 6.42 Å². The molecule has 1 aromatic rings. The summed E-state index contributed by atoms with van der Waals surface area (Å²) in [5.41, 5.74) is 2.67. The Balaban J connectivity index is 1.87. The molecule has 1 saturated heterocycles. The van der Waals surface area contributed by atoms with Crippen LogP contribution in [0.1, 0.15) is 18.9 Å². The lowest BCUT2D eigenvalue weighted by molar-refractivity contribution is 0.288. The van der Waals surface area contributed by atoms with Crippen LogP contribution in [0.4, 0.5) is 5.69 Å². The third-order valence-corrected chi connectivity index (χ3v) is 3.73. The molecule has 0 bridgehead atoms. The summed E-state index contributed by atoms with van der Waals surface area (Å²) in [5.74, 6) is 1.10. The molecule has 0 aromatic heterocycles. The van der Waals surface area contributed by atoms with Crippen molar-refractivity contribution < 1.29 is 4.74 Å². The second-order valence-electron chi connectivity index (χ2n) is 4.99. The molecule has 0 unspecified atom stereocenters. The molecule has 0 radical (unpaired) electrons. The summed E-state index contributed by atoms with van der Waals surface area (Å²) in [7, 11) is 0. The van der Waals surface area contributed by atoms with Gasteiger partial charge < -0.3 is 15.0 Å². The highest BCUT2D eigenvalue weighted by Crippen LogP contribution is 2.30. The molecule has 17 heavy (non-hydrogen) atoms. The van der Waals surface area contributed by atoms with Crippen LogP contribution in [-0.4, -0.2) is 32.3 Å². The fourth-order valence-corrected chi connectivity index (χ4v) is 2.73. The molecule has 0 spiro atoms. The van der Waals surface area contributed by atoms with Gasteiger partial charge in [0.05, 0.1) is 6.61 Å². The van der Waals surface area contributed by atoms with Crippen LogP contribution in [0, 0.1) is 0 Å². The van der Waals surface area contributed by atoms with Crippen molar-refractivity contribution in [3.05, 3.63) is 23.8 Å². The number of benzene rings is 1. The fourth-order valence-electron chi connectivity index (χ4n) is 2.73. The molecule has 2 aliphatic rings. The lowest BCUT2D eigenvalue weighted by Crippen LogP contribution is -2.49. The Bertz CT molecular complexity index is 405. The summed E-state index contributed by atoms with van der Waals surface area (Å²) in [6.45, 7) is 6.36. The maximum absolute atomic E-state index is 5.75. The van der Waals surface area contributed by atoms with Gasteiger partial charge in [0.1, 0.15) is 5.75 Å². The molecule has 1 fully saturated rings. The number of hydrogen-bond donors (Lipinski definition) is 1. The molecule has 0 saturated carbocycles. The average molecular weight is 232 g/mol. The Morgan fingerprint density at radius 2 is 2.35 bits per heavy atom. The molecule has 1 N–H and O–H groups in total. The van der Waals surface area contributed by atoms with Crippen molar-refractivity contribution in [1.29, 1.82) is 0 Å². The number of hydrogen-bond acceptors (Lipinski definition) is 3. The van der Waals surface area contributed by atoms with Gasteiger partial charge in [0.15, 0.2) is 0 Å². The topological polar surface area (TPSA) is 24.5 Å². The van der Waals surface area contributed by atoms with Gasteiger partial charge in [-0.3, -0.25) is 0 Å². The lowest BCUT2D eigenvalue weighted by Gasteiger charge is -2.36. The van der Waals surface area contributed by atoms with E-state index in [1.807, 2.05) is 0 Å². The Labute approximate surface area is 103 Å². The minimum Gasteiger partial charge on any atom is -0.493 e. The first-order chi connectivity index (χ1) is 8.34. The number of piperazine rings is 1. The number of aryl methyl sites for hydroxylation is 1. The lowest BCUT2D eigenvalue weighted by atomic mass is 10.0. The molecule has 3 nitrogen and oxygen atoms in total. The molecular weight excluding hydrogens is 212 g/mol. The summed E-state index contributed by atoms with van der Waals surface area (Å²) in [6.07, 6.45) is 2.31. The zero-order chi connectivity index (χ0) is 11.7. The summed E-state index contributed by atoms with van der Waals surface area (Å²) in [5, 5.41) is 3.42. The predicted octanol–water partition coefficient (Wildman–Crippen LogP) is 1.81. The molecule has 0 amide bonds. The van der Waals surface area contributed by atoms with Gasteiger partial charge in [0.25, 0.3) is 0 Å². The van der Waals surface area contributed by atoms with Gasteiger partial charge in [-0.1, -0.05) is 6.07 Å². The second-order valence-corrected chi connectivity index (χ2v) is 4.99. The van der Waals surface area contributed by atoms with E-state index in [4.69, 9.17) is 4.74 Å². The van der Waals surface area contributed by atoms with Gasteiger partial charge in [-0.2, -0.15) is 0 Å². The first-order valence-corrected chi connectivity index (χ1v) is 6.58. The average Bonchev–Trinajstić information content (AvgIpc) is 2.39. The number of rotatable bonds is 1. The minimum atomic E-state index is 0.561. The first kappa shape index (κ1) is 10.9. The van der Waals surface area contributed by atoms with Crippen LogP contribution in [0.3, 0.4) is 0 Å². The van der Waals surface area contributed by atoms with Crippen LogP contribution in [0.2, 0.25) is 0 Å². The van der Waals surface area contributed by atoms with E-state index in [9.17, 15) is 0 Å². The molecule has 3 rings (SSSR count). The molecule has 3 heteroatoms. The standard InChI is InChI=1S/C14H20N2O/c1-11-10-15-6-7-16(11)13-5-4-12-3-2-8-17-14(12)9-13/h4-5,9,11,15H,2-3,6-8,10H2,1H3/t11-/m1/s1. The minimum absolute atomic E-state index is 0.561. The van der Waals surface area contributed by atoms with Gasteiger partial charge in [0, 0.05) is 37.4 Å². The number of nitrogens with zero attached hydrogens (tertiary/aromatic N) is 1. The van der Waals surface area contributed by atoms with Gasteiger partial charge in [-0.25, -0.2) is 0 Å². The maximum atomic E-state index is 5.75. The van der Waals surface area contributed by atoms with Crippen molar-refractivity contribution in [2.45, 2.75) is 25.8 Å². The molecule has 2 heterocycles. The molecular formula is C14H20N2O. The van der Waals surface area contributed by atoms with E-state index >= 15 is 0 Å². The zero-order valence-corrected chi connectivity index (χ0v) is 10.4. The molecule has 1 aromatic carbocycles. The Morgan fingerprint density at radius 3 is 3.24 bits per heavy atom. The molecule has 0 aliphatic carbocycles. The van der Waals surface area contributed by atoms with E-state index in [1.54, 1.807) is 0 Å². The van der Waals surface area contributed by atoms with E-state index < -0.39 is 0 Å². The Morgan fingerprint density at radius 1 is 1.41 bits per heavy atom. The smallest absolute Gasteiger partial charge is 0.124 e. The summed E-state index contributed by atoms with van der Waals surface area (Å²) >= 11 is 0. The van der Waals surface area contributed by atoms with Gasteiger partial charge in [-0.05, 0) is 31.4 Å². The van der Waals surface area contributed by atoms with Crippen LogP contribution >= 0.6 is 0 Å². The highest BCUT2D eigenvalue weighted by molar-refractivity contribution is 5.55. The molecule has 2 aliphatic heterocycles. The maximum Gasteiger partial charge on any atom is 0.124 e. The molecule has 1 atom stereocenters. The Hall–Kier alpha value is -1.22. The van der Waals surface area contributed by atoms with E-state index in [1.165, 1.54) is 11.3 Å². The van der Waals surface area contributed by atoms with Crippen LogP contribution in [0.15, 0.2) is 18.2 Å². The monoisotopic (exact) mass is 232 g/mol. The van der Waals surface area contributed by atoms with Crippen molar-refractivity contribution in [2.24, 2.45) is 0 Å². The number of anilines is 1. The van der Waals surface area contributed by atoms with Gasteiger partial charge in [-0.15, -0.1) is 0 Å². The Kier molecular flexibility index (Phi) is 2.93. The van der Waals surface area contributed by atoms with Gasteiger partial charge in [0.2, 0.25) is 0 Å². The largest absolute Gasteiger partial charge is 0.493 e. The van der Waals surface area contributed by atoms with Crippen molar-refractivity contribution in [2.75, 3.05) is 31.1 Å². The third kappa shape index (κ3) is 2.12. The van der Waals surface area contributed by atoms with E-state index in [-0.39, 0.29) is 0 Å². The van der Waals surface area contributed by atoms with Crippen molar-refractivity contribution in [1.82, 2.24) is 5.32 Å². The van der Waals surface area contributed by atoms with Gasteiger partial charge >= 0.3 is 0 Å². The van der Waals surface area contributed by atoms with Crippen molar-refractivity contribution in [3.8, 4) is 5.75 Å². The quantitative estimate of drug-likeness (QED) is 0.799. The summed E-state index contributed by atoms with van der Waals surface area (Å²) < 4.78 is 5.75. The third-order valence-electron chi connectivity index (χ3n) is 3.73. The highest BCUT2D eigenvalue weighted by Gasteiger charge is 2.20. The number of ether oxygens (including phenoxy) is 1. The predicted molar refractivity (Wildman–Crippen MR) is 69.9 cm³/mol. The highest BCUT2D eigenvalue weighted by atomic mass is 16.5. The van der Waals surface area contributed by atoms with Crippen molar-refractivity contribution >= 4 is 5.69 Å². The van der Waals surface area contributed by atoms with E-state index in [0.717, 1.165) is 44.8 Å². The fraction of sp³-hybridized carbons (Fsp3) is 0.571. The van der Waals surface area contributed by atoms with E-state index in [2.05, 4.69) is 35.3 Å². The number of nitrogens with one attached hydrogen (secondary N) is 1. The van der Waals surface area contributed by atoms with E-state index in [0.29, 0.717) is 6.04 Å². The first-order valence-electron chi connectivity index (χ1n) is 6.58. The second kappa shape index (κ2) is 4.57. The molecule has 92 valence electrons. The van der Waals surface area contributed by atoms with Crippen LogP contribution in [0.5, 0.6) is 5.75 Å². The summed E-state index contributed by atoms with van der Waals surface area (Å²) in [4.78, 5) is 2.47. The summed E-state index contributed by atoms with van der Waals surface area (Å²) in [6, 6.07) is 7.26. The normalized spacial score (nSPS) is 24.1. The SMILES string of the molecule is C[C@@H]1CNCCN1c1ccc2c(c1)OCCC2. The van der Waals surface area contributed by atoms with Crippen molar-refractivity contribution in [3.63, 3.8) is 0 Å².